The summed E-state index contributed by atoms with van der Waals surface area (Å²) in [6, 6.07) is 19.6. The molecule has 0 unspecified atom stereocenters. The van der Waals surface area contributed by atoms with Crippen LogP contribution in [0.1, 0.15) is 23.2 Å². The zero-order chi connectivity index (χ0) is 18.6. The summed E-state index contributed by atoms with van der Waals surface area (Å²) < 4.78 is 0. The Balaban J connectivity index is 1.42. The number of carbonyl (C=O) groups is 2. The zero-order valence-electron chi connectivity index (χ0n) is 15.3. The van der Waals surface area contributed by atoms with Crippen LogP contribution in [-0.2, 0) is 4.79 Å². The number of thioether (sulfide) groups is 1. The van der Waals surface area contributed by atoms with Crippen LogP contribution in [0.5, 0.6) is 0 Å². The monoisotopic (exact) mass is 380 g/mol. The molecule has 27 heavy (non-hydrogen) atoms. The normalized spacial score (nSPS) is 21.8. The van der Waals surface area contributed by atoms with Gasteiger partial charge in [0.25, 0.3) is 5.91 Å². The smallest absolute Gasteiger partial charge is 0.253 e. The van der Waals surface area contributed by atoms with E-state index >= 15 is 0 Å². The Morgan fingerprint density at radius 2 is 1.59 bits per heavy atom. The van der Waals surface area contributed by atoms with Crippen LogP contribution in [0.15, 0.2) is 65.6 Å². The van der Waals surface area contributed by atoms with Crippen molar-refractivity contribution in [3.63, 3.8) is 0 Å². The maximum absolute atomic E-state index is 12.9. The fourth-order valence-corrected chi connectivity index (χ4v) is 4.87. The van der Waals surface area contributed by atoms with Crippen LogP contribution in [0.3, 0.4) is 0 Å². The van der Waals surface area contributed by atoms with E-state index in [1.807, 2.05) is 70.5 Å². The summed E-state index contributed by atoms with van der Waals surface area (Å²) in [4.78, 5) is 30.8. The molecule has 2 aromatic rings. The predicted molar refractivity (Wildman–Crippen MR) is 108 cm³/mol. The highest BCUT2D eigenvalue weighted by molar-refractivity contribution is 8.00. The largest absolute Gasteiger partial charge is 0.337 e. The van der Waals surface area contributed by atoms with Crippen molar-refractivity contribution in [2.45, 2.75) is 23.8 Å². The van der Waals surface area contributed by atoms with Crippen molar-refractivity contribution in [3.05, 3.63) is 66.2 Å². The number of nitrogens with zero attached hydrogens (tertiary/aromatic N) is 2. The quantitative estimate of drug-likeness (QED) is 0.762. The molecule has 140 valence electrons. The van der Waals surface area contributed by atoms with Gasteiger partial charge in [0.05, 0.1) is 5.75 Å². The zero-order valence-corrected chi connectivity index (χ0v) is 16.1. The van der Waals surface area contributed by atoms with Crippen LogP contribution in [0, 0.1) is 5.92 Å². The molecule has 2 atom stereocenters. The molecule has 3 heterocycles. The second-order valence-electron chi connectivity index (χ2n) is 7.32. The maximum Gasteiger partial charge on any atom is 0.253 e. The van der Waals surface area contributed by atoms with Gasteiger partial charge >= 0.3 is 0 Å². The number of amides is 2. The summed E-state index contributed by atoms with van der Waals surface area (Å²) in [5, 5.41) is 0. The molecule has 4 nitrogen and oxygen atoms in total. The van der Waals surface area contributed by atoms with Gasteiger partial charge in [-0.1, -0.05) is 36.4 Å². The van der Waals surface area contributed by atoms with E-state index in [1.54, 1.807) is 11.8 Å². The second kappa shape index (κ2) is 8.17. The molecule has 3 saturated heterocycles. The minimum Gasteiger partial charge on any atom is -0.337 e. The molecule has 5 heteroatoms. The van der Waals surface area contributed by atoms with Crippen LogP contribution in [0.25, 0.3) is 0 Å². The van der Waals surface area contributed by atoms with Gasteiger partial charge in [0.15, 0.2) is 0 Å². The fraction of sp³-hybridized carbons (Fsp3) is 0.364. The van der Waals surface area contributed by atoms with Crippen molar-refractivity contribution in [3.8, 4) is 0 Å². The van der Waals surface area contributed by atoms with E-state index in [0.717, 1.165) is 36.4 Å². The maximum atomic E-state index is 12.9. The van der Waals surface area contributed by atoms with Crippen LogP contribution in [-0.4, -0.2) is 53.0 Å². The van der Waals surface area contributed by atoms with Gasteiger partial charge in [-0.2, -0.15) is 0 Å². The molecule has 3 aliphatic heterocycles. The Labute approximate surface area is 164 Å². The summed E-state index contributed by atoms with van der Waals surface area (Å²) in [6.45, 7) is 2.17. The van der Waals surface area contributed by atoms with E-state index in [2.05, 4.69) is 0 Å². The van der Waals surface area contributed by atoms with Crippen LogP contribution in [0.4, 0.5) is 0 Å². The summed E-state index contributed by atoms with van der Waals surface area (Å²) in [5.74, 6) is 1.11. The third-order valence-electron chi connectivity index (χ3n) is 5.45. The third-order valence-corrected chi connectivity index (χ3v) is 6.44. The first-order chi connectivity index (χ1) is 13.2. The predicted octanol–water partition coefficient (Wildman–Crippen LogP) is 3.54. The average Bonchev–Trinajstić information content (AvgIpc) is 3.05. The first-order valence-electron chi connectivity index (χ1n) is 9.52. The van der Waals surface area contributed by atoms with Gasteiger partial charge in [-0.15, -0.1) is 11.8 Å². The molecule has 0 aliphatic carbocycles. The summed E-state index contributed by atoms with van der Waals surface area (Å²) >= 11 is 1.59. The average molecular weight is 381 g/mol. The molecule has 3 fully saturated rings. The topological polar surface area (TPSA) is 40.6 Å². The van der Waals surface area contributed by atoms with Crippen molar-refractivity contribution < 1.29 is 9.59 Å². The molecule has 2 aromatic carbocycles. The lowest BCUT2D eigenvalue weighted by atomic mass is 9.95. The number of hydrogen-bond acceptors (Lipinski definition) is 3. The van der Waals surface area contributed by atoms with Crippen molar-refractivity contribution in [2.75, 3.05) is 25.4 Å². The van der Waals surface area contributed by atoms with Crippen molar-refractivity contribution in [1.82, 2.24) is 9.80 Å². The summed E-state index contributed by atoms with van der Waals surface area (Å²) in [7, 11) is 0. The molecular weight excluding hydrogens is 356 g/mol. The Kier molecular flexibility index (Phi) is 5.48. The molecule has 0 N–H and O–H groups in total. The van der Waals surface area contributed by atoms with E-state index in [1.165, 1.54) is 0 Å². The van der Waals surface area contributed by atoms with Gasteiger partial charge in [-0.3, -0.25) is 9.59 Å². The van der Waals surface area contributed by atoms with Crippen LogP contribution >= 0.6 is 11.8 Å². The van der Waals surface area contributed by atoms with Crippen molar-refractivity contribution >= 4 is 23.6 Å². The summed E-state index contributed by atoms with van der Waals surface area (Å²) in [5.41, 5.74) is 0.733. The molecule has 0 spiro atoms. The molecule has 3 aliphatic rings. The van der Waals surface area contributed by atoms with Gasteiger partial charge in [-0.25, -0.2) is 0 Å². The van der Waals surface area contributed by atoms with E-state index in [-0.39, 0.29) is 17.9 Å². The molecule has 0 saturated carbocycles. The molecular formula is C22H24N2O2S. The molecule has 5 rings (SSSR count). The first-order valence-corrected chi connectivity index (χ1v) is 10.5. The fourth-order valence-electron chi connectivity index (χ4n) is 4.06. The lowest BCUT2D eigenvalue weighted by Gasteiger charge is -2.36. The molecule has 2 bridgehead atoms. The minimum atomic E-state index is 0.0838. The van der Waals surface area contributed by atoms with Gasteiger partial charge in [0.1, 0.15) is 0 Å². The highest BCUT2D eigenvalue weighted by Gasteiger charge is 2.38. The standard InChI is InChI=1S/C22H24N2O2S/c25-21(16-27-20-9-5-2-6-10-20)24-14-17-11-12-19(24)15-23(13-17)22(26)18-7-3-1-4-8-18/h1-10,17,19H,11-16H2/t17-,19+/m0/s1. The second-order valence-corrected chi connectivity index (χ2v) is 8.37. The van der Waals surface area contributed by atoms with Crippen LogP contribution < -0.4 is 0 Å². The van der Waals surface area contributed by atoms with Gasteiger partial charge in [0, 0.05) is 36.1 Å². The number of fused-ring (bicyclic) bond motifs is 4. The highest BCUT2D eigenvalue weighted by atomic mass is 32.2. The minimum absolute atomic E-state index is 0.0838. The lowest BCUT2D eigenvalue weighted by Crippen LogP contribution is -2.48. The SMILES string of the molecule is O=C(c1ccccc1)N1C[C@@H]2CC[C@H](C1)N(C(=O)CSc1ccccc1)C2. The molecule has 0 radical (unpaired) electrons. The number of piperidine rings is 1. The Hall–Kier alpha value is -2.27. The summed E-state index contributed by atoms with van der Waals surface area (Å²) in [6.07, 6.45) is 2.09. The van der Waals surface area contributed by atoms with Crippen molar-refractivity contribution in [2.24, 2.45) is 5.92 Å². The first kappa shape index (κ1) is 18.1. The van der Waals surface area contributed by atoms with Crippen molar-refractivity contribution in [1.29, 1.82) is 0 Å². The van der Waals surface area contributed by atoms with Gasteiger partial charge in [-0.05, 0) is 43.0 Å². The third kappa shape index (κ3) is 4.19. The number of carbonyl (C=O) groups excluding carboxylic acids is 2. The van der Waals surface area contributed by atoms with E-state index in [4.69, 9.17) is 0 Å². The lowest BCUT2D eigenvalue weighted by molar-refractivity contribution is -0.132. The van der Waals surface area contributed by atoms with E-state index < -0.39 is 0 Å². The Morgan fingerprint density at radius 3 is 2.33 bits per heavy atom. The van der Waals surface area contributed by atoms with E-state index in [0.29, 0.717) is 18.2 Å². The van der Waals surface area contributed by atoms with Crippen LogP contribution in [0.2, 0.25) is 0 Å². The van der Waals surface area contributed by atoms with E-state index in [9.17, 15) is 9.59 Å². The Bertz CT molecular complexity index is 796. The highest BCUT2D eigenvalue weighted by Crippen LogP contribution is 2.30. The molecule has 0 aromatic heterocycles. The number of benzene rings is 2. The Morgan fingerprint density at radius 1 is 0.889 bits per heavy atom. The van der Waals surface area contributed by atoms with Gasteiger partial charge < -0.3 is 9.80 Å². The number of hydrogen-bond donors (Lipinski definition) is 0. The molecule has 2 amide bonds. The number of rotatable bonds is 4. The van der Waals surface area contributed by atoms with Gasteiger partial charge in [0.2, 0.25) is 5.91 Å².